The lowest BCUT2D eigenvalue weighted by Gasteiger charge is -2.19. The van der Waals surface area contributed by atoms with Crippen molar-refractivity contribution in [2.45, 2.75) is 26.8 Å². The van der Waals surface area contributed by atoms with Gasteiger partial charge in [0.2, 0.25) is 6.41 Å². The SMILES string of the molecule is Cc1ccc(F)c(-c2nc(Nc3ccc(C(=O)N4CCCOCC4)cc3)c(C)n2CCNC=O)c1F. The first-order chi connectivity index (χ1) is 17.4. The zero-order valence-corrected chi connectivity index (χ0v) is 20.3. The molecule has 4 rings (SSSR count). The van der Waals surface area contributed by atoms with Gasteiger partial charge in [0.05, 0.1) is 17.9 Å². The van der Waals surface area contributed by atoms with Crippen LogP contribution in [0.2, 0.25) is 0 Å². The quantitative estimate of drug-likeness (QED) is 0.365. The van der Waals surface area contributed by atoms with Gasteiger partial charge in [0.1, 0.15) is 17.5 Å². The minimum absolute atomic E-state index is 0.0529. The molecule has 0 saturated carbocycles. The second-order valence-electron chi connectivity index (χ2n) is 8.61. The van der Waals surface area contributed by atoms with Crippen LogP contribution in [0.15, 0.2) is 36.4 Å². The largest absolute Gasteiger partial charge is 0.380 e. The number of halogens is 2. The van der Waals surface area contributed by atoms with Crippen molar-refractivity contribution in [2.75, 3.05) is 38.2 Å². The Bertz CT molecular complexity index is 1240. The maximum atomic E-state index is 15.0. The van der Waals surface area contributed by atoms with Crippen LogP contribution < -0.4 is 10.6 Å². The molecule has 1 aliphatic heterocycles. The lowest BCUT2D eigenvalue weighted by Crippen LogP contribution is -2.33. The summed E-state index contributed by atoms with van der Waals surface area (Å²) < 4.78 is 36.8. The molecular weight excluding hydrogens is 468 g/mol. The van der Waals surface area contributed by atoms with Gasteiger partial charge in [-0.25, -0.2) is 13.8 Å². The fourth-order valence-corrected chi connectivity index (χ4v) is 4.18. The van der Waals surface area contributed by atoms with E-state index in [0.717, 1.165) is 6.42 Å². The molecule has 1 aromatic heterocycles. The Labute approximate surface area is 208 Å². The summed E-state index contributed by atoms with van der Waals surface area (Å²) in [7, 11) is 0. The van der Waals surface area contributed by atoms with Gasteiger partial charge in [-0.15, -0.1) is 0 Å². The molecule has 0 spiro atoms. The van der Waals surface area contributed by atoms with Crippen molar-refractivity contribution in [2.24, 2.45) is 0 Å². The van der Waals surface area contributed by atoms with Gasteiger partial charge in [-0.2, -0.15) is 0 Å². The molecule has 2 N–H and O–H groups in total. The molecule has 0 aliphatic carbocycles. The Balaban J connectivity index is 1.61. The molecule has 10 heteroatoms. The van der Waals surface area contributed by atoms with Crippen molar-refractivity contribution in [3.63, 3.8) is 0 Å². The molecule has 0 atom stereocenters. The van der Waals surface area contributed by atoms with E-state index in [1.165, 1.54) is 12.1 Å². The standard InChI is InChI=1S/C26H29F2N5O3/c1-17-4-9-21(27)22(23(17)28)25-31-24(18(2)33(25)12-10-29-16-34)30-20-7-5-19(6-8-20)26(35)32-11-3-14-36-15-13-32/h4-9,16,30H,3,10-15H2,1-2H3,(H,29,34). The van der Waals surface area contributed by atoms with Crippen molar-refractivity contribution in [3.8, 4) is 11.4 Å². The number of hydrogen-bond donors (Lipinski definition) is 2. The highest BCUT2D eigenvalue weighted by Crippen LogP contribution is 2.32. The zero-order valence-electron chi connectivity index (χ0n) is 20.3. The van der Waals surface area contributed by atoms with Crippen molar-refractivity contribution in [1.29, 1.82) is 0 Å². The third-order valence-corrected chi connectivity index (χ3v) is 6.20. The molecule has 0 bridgehead atoms. The molecule has 36 heavy (non-hydrogen) atoms. The summed E-state index contributed by atoms with van der Waals surface area (Å²) in [5.74, 6) is -0.918. The first-order valence-electron chi connectivity index (χ1n) is 11.8. The number of aryl methyl sites for hydroxylation is 1. The first kappa shape index (κ1) is 25.3. The number of amides is 2. The summed E-state index contributed by atoms with van der Waals surface area (Å²) in [6, 6.07) is 9.59. The predicted octanol–water partition coefficient (Wildman–Crippen LogP) is 3.80. The van der Waals surface area contributed by atoms with Gasteiger partial charge in [0, 0.05) is 44.0 Å². The smallest absolute Gasteiger partial charge is 0.253 e. The Morgan fingerprint density at radius 3 is 2.64 bits per heavy atom. The minimum atomic E-state index is -0.721. The zero-order chi connectivity index (χ0) is 25.7. The number of aromatic nitrogens is 2. The summed E-state index contributed by atoms with van der Waals surface area (Å²) >= 11 is 0. The number of ether oxygens (including phenoxy) is 1. The highest BCUT2D eigenvalue weighted by Gasteiger charge is 2.23. The molecule has 1 saturated heterocycles. The molecule has 2 amide bonds. The van der Waals surface area contributed by atoms with Gasteiger partial charge >= 0.3 is 0 Å². The van der Waals surface area contributed by atoms with Gasteiger partial charge in [0.25, 0.3) is 5.91 Å². The molecule has 3 aromatic rings. The number of rotatable bonds is 8. The summed E-state index contributed by atoms with van der Waals surface area (Å²) in [6.45, 7) is 6.28. The Morgan fingerprint density at radius 1 is 1.11 bits per heavy atom. The van der Waals surface area contributed by atoms with E-state index in [1.54, 1.807) is 47.6 Å². The lowest BCUT2D eigenvalue weighted by molar-refractivity contribution is -0.109. The average molecular weight is 498 g/mol. The minimum Gasteiger partial charge on any atom is -0.380 e. The summed E-state index contributed by atoms with van der Waals surface area (Å²) in [6.07, 6.45) is 1.38. The third kappa shape index (κ3) is 5.38. The van der Waals surface area contributed by atoms with Crippen molar-refractivity contribution in [1.82, 2.24) is 19.8 Å². The van der Waals surface area contributed by atoms with E-state index in [9.17, 15) is 18.4 Å². The van der Waals surface area contributed by atoms with Crippen LogP contribution in [0, 0.1) is 25.5 Å². The Kier molecular flexibility index (Phi) is 7.94. The van der Waals surface area contributed by atoms with E-state index in [1.807, 2.05) is 0 Å². The van der Waals surface area contributed by atoms with Gasteiger partial charge in [-0.3, -0.25) is 9.59 Å². The number of carbonyl (C=O) groups excluding carboxylic acids is 2. The molecule has 0 radical (unpaired) electrons. The average Bonchev–Trinajstić information content (AvgIpc) is 3.05. The predicted molar refractivity (Wildman–Crippen MR) is 132 cm³/mol. The third-order valence-electron chi connectivity index (χ3n) is 6.20. The van der Waals surface area contributed by atoms with E-state index < -0.39 is 11.6 Å². The van der Waals surface area contributed by atoms with Crippen LogP contribution in [-0.2, 0) is 16.1 Å². The Morgan fingerprint density at radius 2 is 1.89 bits per heavy atom. The van der Waals surface area contributed by atoms with E-state index in [4.69, 9.17) is 4.74 Å². The molecular formula is C26H29F2N5O3. The van der Waals surface area contributed by atoms with Crippen LogP contribution >= 0.6 is 0 Å². The molecule has 2 aromatic carbocycles. The summed E-state index contributed by atoms with van der Waals surface area (Å²) in [5, 5.41) is 5.76. The maximum Gasteiger partial charge on any atom is 0.253 e. The molecule has 0 unspecified atom stereocenters. The van der Waals surface area contributed by atoms with Gasteiger partial charge < -0.3 is 24.8 Å². The van der Waals surface area contributed by atoms with E-state index in [2.05, 4.69) is 15.6 Å². The highest BCUT2D eigenvalue weighted by atomic mass is 19.1. The van der Waals surface area contributed by atoms with Crippen LogP contribution in [0.3, 0.4) is 0 Å². The number of hydrogen-bond acceptors (Lipinski definition) is 5. The van der Waals surface area contributed by atoms with Crippen LogP contribution in [0.5, 0.6) is 0 Å². The highest BCUT2D eigenvalue weighted by molar-refractivity contribution is 5.94. The molecule has 1 fully saturated rings. The van der Waals surface area contributed by atoms with E-state index >= 15 is 0 Å². The number of carbonyl (C=O) groups is 2. The second-order valence-corrected chi connectivity index (χ2v) is 8.61. The van der Waals surface area contributed by atoms with Crippen LogP contribution in [0.1, 0.15) is 28.0 Å². The number of benzene rings is 2. The summed E-state index contributed by atoms with van der Waals surface area (Å²) in [5.41, 5.74) is 1.95. The molecule has 190 valence electrons. The molecule has 1 aliphatic rings. The Hall–Kier alpha value is -3.79. The van der Waals surface area contributed by atoms with Crippen molar-refractivity contribution in [3.05, 3.63) is 64.9 Å². The van der Waals surface area contributed by atoms with Gasteiger partial charge in [0.15, 0.2) is 5.82 Å². The molecule has 2 heterocycles. The maximum absolute atomic E-state index is 15.0. The number of nitrogens with zero attached hydrogens (tertiary/aromatic N) is 3. The monoisotopic (exact) mass is 497 g/mol. The second kappa shape index (κ2) is 11.3. The number of nitrogens with one attached hydrogen (secondary N) is 2. The number of imidazole rings is 1. The van der Waals surface area contributed by atoms with E-state index in [0.29, 0.717) is 61.0 Å². The van der Waals surface area contributed by atoms with Gasteiger partial charge in [-0.1, -0.05) is 6.07 Å². The normalized spacial score (nSPS) is 13.8. The van der Waals surface area contributed by atoms with Crippen molar-refractivity contribution >= 4 is 23.8 Å². The first-order valence-corrected chi connectivity index (χ1v) is 11.8. The van der Waals surface area contributed by atoms with Crippen LogP contribution in [-0.4, -0.2) is 59.6 Å². The van der Waals surface area contributed by atoms with Crippen LogP contribution in [0.4, 0.5) is 20.3 Å². The van der Waals surface area contributed by atoms with Crippen LogP contribution in [0.25, 0.3) is 11.4 Å². The topological polar surface area (TPSA) is 88.5 Å². The fourth-order valence-electron chi connectivity index (χ4n) is 4.18. The lowest BCUT2D eigenvalue weighted by atomic mass is 10.1. The number of anilines is 2. The van der Waals surface area contributed by atoms with E-state index in [-0.39, 0.29) is 30.4 Å². The fraction of sp³-hybridized carbons (Fsp3) is 0.346. The van der Waals surface area contributed by atoms with Gasteiger partial charge in [-0.05, 0) is 56.2 Å². The summed E-state index contributed by atoms with van der Waals surface area (Å²) in [4.78, 5) is 29.9. The molecule has 8 nitrogen and oxygen atoms in total. The van der Waals surface area contributed by atoms with Crippen molar-refractivity contribution < 1.29 is 23.1 Å².